The molecule has 0 fully saturated rings. The van der Waals surface area contributed by atoms with E-state index in [0.717, 1.165) is 0 Å². The summed E-state index contributed by atoms with van der Waals surface area (Å²) in [5.74, 6) is 0.336. The molecule has 2 aromatic rings. The van der Waals surface area contributed by atoms with Gasteiger partial charge in [0.1, 0.15) is 11.7 Å². The summed E-state index contributed by atoms with van der Waals surface area (Å²) in [6.07, 6.45) is 1.51. The highest BCUT2D eigenvalue weighted by molar-refractivity contribution is 6.28. The number of H-pyrrole nitrogens is 1. The van der Waals surface area contributed by atoms with Crippen molar-refractivity contribution < 1.29 is 4.74 Å². The Balaban J connectivity index is 2.69. The number of nitrogens with one attached hydrogen (secondary N) is 1. The van der Waals surface area contributed by atoms with E-state index < -0.39 is 0 Å². The van der Waals surface area contributed by atoms with Crippen molar-refractivity contribution in [1.82, 2.24) is 15.0 Å². The molecule has 0 unspecified atom stereocenters. The highest BCUT2D eigenvalue weighted by Gasteiger charge is 2.14. The smallest absolute Gasteiger partial charge is 0.229 e. The normalized spacial score (nSPS) is 10.7. The van der Waals surface area contributed by atoms with Crippen LogP contribution < -0.4 is 4.74 Å². The van der Waals surface area contributed by atoms with E-state index in [2.05, 4.69) is 15.0 Å². The number of halogens is 1. The van der Waals surface area contributed by atoms with Crippen LogP contribution in [0.5, 0.6) is 5.88 Å². The predicted molar refractivity (Wildman–Crippen MR) is 59.4 cm³/mol. The summed E-state index contributed by atoms with van der Waals surface area (Å²) in [6.45, 7) is 3.75. The predicted octanol–water partition coefficient (Wildman–Crippen LogP) is 2.27. The summed E-state index contributed by atoms with van der Waals surface area (Å²) in [5.41, 5.74) is 0.953. The minimum Gasteiger partial charge on any atom is -0.474 e. The maximum absolute atomic E-state index is 8.94. The summed E-state index contributed by atoms with van der Waals surface area (Å²) in [4.78, 5) is 10.8. The highest BCUT2D eigenvalue weighted by Crippen LogP contribution is 2.27. The molecule has 6 heteroatoms. The van der Waals surface area contributed by atoms with Crippen LogP contribution in [-0.2, 0) is 0 Å². The van der Waals surface area contributed by atoms with Gasteiger partial charge in [0.25, 0.3) is 0 Å². The van der Waals surface area contributed by atoms with Gasteiger partial charge in [0.2, 0.25) is 11.2 Å². The molecular weight excluding hydrogens is 228 g/mol. The number of nitrogens with zero attached hydrogens (tertiary/aromatic N) is 3. The van der Waals surface area contributed by atoms with Gasteiger partial charge in [-0.25, -0.2) is 0 Å². The Labute approximate surface area is 97.0 Å². The monoisotopic (exact) mass is 236 g/mol. The minimum absolute atomic E-state index is 0.0457. The minimum atomic E-state index is -0.0457. The molecule has 0 spiro atoms. The van der Waals surface area contributed by atoms with Crippen LogP contribution in [0.1, 0.15) is 19.4 Å². The molecule has 82 valence electrons. The van der Waals surface area contributed by atoms with Crippen molar-refractivity contribution in [3.63, 3.8) is 0 Å². The molecular formula is C10H9ClN4O. The molecule has 0 aliphatic rings. The van der Waals surface area contributed by atoms with Gasteiger partial charge in [-0.1, -0.05) is 0 Å². The van der Waals surface area contributed by atoms with Gasteiger partial charge in [0.05, 0.1) is 17.1 Å². The molecule has 0 radical (unpaired) electrons. The van der Waals surface area contributed by atoms with Crippen LogP contribution in [-0.4, -0.2) is 21.1 Å². The topological polar surface area (TPSA) is 74.6 Å². The van der Waals surface area contributed by atoms with E-state index in [1.54, 1.807) is 6.20 Å². The lowest BCUT2D eigenvalue weighted by atomic mass is 10.2. The SMILES string of the molecule is CC(C)Oc1nc(Cl)nc2[nH]cc(C#N)c12. The van der Waals surface area contributed by atoms with Crippen molar-refractivity contribution in [3.05, 3.63) is 17.0 Å². The van der Waals surface area contributed by atoms with Gasteiger partial charge in [0, 0.05) is 6.20 Å². The Hall–Kier alpha value is -1.80. The van der Waals surface area contributed by atoms with Crippen molar-refractivity contribution in [1.29, 1.82) is 5.26 Å². The molecule has 2 aromatic heterocycles. The summed E-state index contributed by atoms with van der Waals surface area (Å²) < 4.78 is 5.50. The number of aromatic amines is 1. The van der Waals surface area contributed by atoms with E-state index in [4.69, 9.17) is 21.6 Å². The van der Waals surface area contributed by atoms with Crippen molar-refractivity contribution in [3.8, 4) is 11.9 Å². The molecule has 2 rings (SSSR count). The van der Waals surface area contributed by atoms with Crippen molar-refractivity contribution in [2.24, 2.45) is 0 Å². The number of hydrogen-bond donors (Lipinski definition) is 1. The molecule has 1 N–H and O–H groups in total. The van der Waals surface area contributed by atoms with Crippen LogP contribution in [0.2, 0.25) is 5.28 Å². The van der Waals surface area contributed by atoms with Gasteiger partial charge >= 0.3 is 0 Å². The van der Waals surface area contributed by atoms with E-state index in [0.29, 0.717) is 22.5 Å². The fourth-order valence-corrected chi connectivity index (χ4v) is 1.53. The molecule has 0 atom stereocenters. The molecule has 0 saturated carbocycles. The highest BCUT2D eigenvalue weighted by atomic mass is 35.5. The molecule has 0 saturated heterocycles. The summed E-state index contributed by atoms with van der Waals surface area (Å²) in [5, 5.41) is 9.60. The molecule has 0 bridgehead atoms. The molecule has 0 amide bonds. The van der Waals surface area contributed by atoms with Crippen LogP contribution in [0.25, 0.3) is 11.0 Å². The van der Waals surface area contributed by atoms with Crippen LogP contribution in [0.15, 0.2) is 6.20 Å². The lowest BCUT2D eigenvalue weighted by molar-refractivity contribution is 0.236. The maximum Gasteiger partial charge on any atom is 0.229 e. The van der Waals surface area contributed by atoms with E-state index >= 15 is 0 Å². The van der Waals surface area contributed by atoms with E-state index in [-0.39, 0.29) is 11.4 Å². The Bertz CT molecular complexity index is 570. The lowest BCUT2D eigenvalue weighted by Crippen LogP contribution is -2.08. The molecule has 16 heavy (non-hydrogen) atoms. The zero-order chi connectivity index (χ0) is 11.7. The number of ether oxygens (including phenoxy) is 1. The van der Waals surface area contributed by atoms with Gasteiger partial charge < -0.3 is 9.72 Å². The largest absolute Gasteiger partial charge is 0.474 e. The second kappa shape index (κ2) is 3.99. The van der Waals surface area contributed by atoms with Gasteiger partial charge in [0.15, 0.2) is 0 Å². The van der Waals surface area contributed by atoms with Gasteiger partial charge in [-0.05, 0) is 25.4 Å². The fraction of sp³-hybridized carbons (Fsp3) is 0.300. The summed E-state index contributed by atoms with van der Waals surface area (Å²) in [7, 11) is 0. The number of hydrogen-bond acceptors (Lipinski definition) is 4. The molecule has 2 heterocycles. The van der Waals surface area contributed by atoms with Crippen LogP contribution in [0, 0.1) is 11.3 Å². The zero-order valence-electron chi connectivity index (χ0n) is 8.78. The molecule has 0 aliphatic carbocycles. The van der Waals surface area contributed by atoms with E-state index in [9.17, 15) is 0 Å². The molecule has 5 nitrogen and oxygen atoms in total. The third-order valence-corrected chi connectivity index (χ3v) is 2.11. The van der Waals surface area contributed by atoms with E-state index in [1.807, 2.05) is 19.9 Å². The number of rotatable bonds is 2. The van der Waals surface area contributed by atoms with Crippen molar-refractivity contribution >= 4 is 22.6 Å². The van der Waals surface area contributed by atoms with E-state index in [1.165, 1.54) is 0 Å². The van der Waals surface area contributed by atoms with Crippen LogP contribution in [0.4, 0.5) is 0 Å². The first-order valence-corrected chi connectivity index (χ1v) is 5.11. The first-order chi connectivity index (χ1) is 7.61. The molecule has 0 aliphatic heterocycles. The molecule has 0 aromatic carbocycles. The summed E-state index contributed by atoms with van der Waals surface area (Å²) >= 11 is 5.75. The first kappa shape index (κ1) is 10.7. The van der Waals surface area contributed by atoms with Gasteiger partial charge in [-0.15, -0.1) is 0 Å². The first-order valence-electron chi connectivity index (χ1n) is 4.73. The third-order valence-electron chi connectivity index (χ3n) is 1.94. The average molecular weight is 237 g/mol. The average Bonchev–Trinajstić information content (AvgIpc) is 2.59. The lowest BCUT2D eigenvalue weighted by Gasteiger charge is -2.09. The van der Waals surface area contributed by atoms with Crippen LogP contribution in [0.3, 0.4) is 0 Å². The summed E-state index contributed by atoms with van der Waals surface area (Å²) in [6, 6.07) is 2.05. The van der Waals surface area contributed by atoms with Crippen LogP contribution >= 0.6 is 11.6 Å². The Kier molecular flexibility index (Phi) is 2.67. The Morgan fingerprint density at radius 3 is 2.88 bits per heavy atom. The third kappa shape index (κ3) is 1.79. The number of aromatic nitrogens is 3. The standard InChI is InChI=1S/C10H9ClN4O/c1-5(2)16-9-7-6(3-12)4-13-8(7)14-10(11)15-9/h4-5H,1-2H3,(H,13,14,15). The van der Waals surface area contributed by atoms with Crippen molar-refractivity contribution in [2.75, 3.05) is 0 Å². The maximum atomic E-state index is 8.94. The Morgan fingerprint density at radius 1 is 1.50 bits per heavy atom. The quantitative estimate of drug-likeness (QED) is 0.812. The van der Waals surface area contributed by atoms with Gasteiger partial charge in [-0.2, -0.15) is 15.2 Å². The number of nitriles is 1. The van der Waals surface area contributed by atoms with Crippen molar-refractivity contribution in [2.45, 2.75) is 20.0 Å². The number of fused-ring (bicyclic) bond motifs is 1. The Morgan fingerprint density at radius 2 is 2.25 bits per heavy atom. The second-order valence-corrected chi connectivity index (χ2v) is 3.84. The fourth-order valence-electron chi connectivity index (χ4n) is 1.37. The zero-order valence-corrected chi connectivity index (χ0v) is 9.54. The second-order valence-electron chi connectivity index (χ2n) is 3.50. The van der Waals surface area contributed by atoms with Gasteiger partial charge in [-0.3, -0.25) is 0 Å².